The number of benzene rings is 1. The van der Waals surface area contributed by atoms with Crippen LogP contribution in [0.1, 0.15) is 40.8 Å². The normalized spacial score (nSPS) is 20.4. The molecule has 2 atom stereocenters. The first-order valence-corrected chi connectivity index (χ1v) is 9.12. The van der Waals surface area contributed by atoms with Crippen LogP contribution in [-0.2, 0) is 20.9 Å². The Labute approximate surface area is 166 Å². The number of furan rings is 1. The lowest BCUT2D eigenvalue weighted by Crippen LogP contribution is -2.46. The van der Waals surface area contributed by atoms with Crippen molar-refractivity contribution in [1.82, 2.24) is 10.2 Å². The molecule has 0 aliphatic carbocycles. The number of fused-ring (bicyclic) bond motifs is 1. The van der Waals surface area contributed by atoms with Gasteiger partial charge in [-0.15, -0.1) is 0 Å². The fourth-order valence-electron chi connectivity index (χ4n) is 3.75. The Bertz CT molecular complexity index is 954. The van der Waals surface area contributed by atoms with Gasteiger partial charge in [0, 0.05) is 12.0 Å². The highest BCUT2D eigenvalue weighted by molar-refractivity contribution is 5.99. The van der Waals surface area contributed by atoms with Gasteiger partial charge >= 0.3 is 5.97 Å². The van der Waals surface area contributed by atoms with Crippen LogP contribution in [0.2, 0.25) is 0 Å². The number of esters is 1. The van der Waals surface area contributed by atoms with Crippen molar-refractivity contribution in [3.63, 3.8) is 0 Å². The molecule has 0 radical (unpaired) electrons. The Hall–Kier alpha value is -3.49. The molecule has 9 nitrogen and oxygen atoms in total. The summed E-state index contributed by atoms with van der Waals surface area (Å²) in [7, 11) is 2.88. The zero-order chi connectivity index (χ0) is 20.5. The Balaban J connectivity index is 1.61. The van der Waals surface area contributed by atoms with Gasteiger partial charge in [-0.1, -0.05) is 0 Å². The van der Waals surface area contributed by atoms with E-state index in [2.05, 4.69) is 5.32 Å². The maximum Gasteiger partial charge on any atom is 0.344 e. The summed E-state index contributed by atoms with van der Waals surface area (Å²) in [6, 6.07) is 6.00. The van der Waals surface area contributed by atoms with Crippen molar-refractivity contribution in [2.24, 2.45) is 0 Å². The lowest BCUT2D eigenvalue weighted by atomic mass is 10.1. The highest BCUT2D eigenvalue weighted by atomic mass is 16.6. The highest BCUT2D eigenvalue weighted by Gasteiger charge is 2.47. The molecular formula is C20H20N2O7. The summed E-state index contributed by atoms with van der Waals surface area (Å²) in [5.41, 5.74) is 0.665. The average molecular weight is 400 g/mol. The van der Waals surface area contributed by atoms with E-state index in [1.165, 1.54) is 25.4 Å². The van der Waals surface area contributed by atoms with Crippen molar-refractivity contribution in [2.45, 2.75) is 31.7 Å². The van der Waals surface area contributed by atoms with E-state index < -0.39 is 18.2 Å². The van der Waals surface area contributed by atoms with Crippen LogP contribution in [-0.4, -0.2) is 42.9 Å². The maximum atomic E-state index is 12.7. The fourth-order valence-corrected chi connectivity index (χ4v) is 3.75. The number of hydrogen-bond acceptors (Lipinski definition) is 7. The summed E-state index contributed by atoms with van der Waals surface area (Å²) in [5, 5.41) is 2.77. The van der Waals surface area contributed by atoms with Crippen LogP contribution in [0.3, 0.4) is 0 Å². The maximum absolute atomic E-state index is 12.7. The van der Waals surface area contributed by atoms with Crippen LogP contribution in [0.25, 0.3) is 0 Å². The summed E-state index contributed by atoms with van der Waals surface area (Å²) in [6.07, 6.45) is 1.05. The third-order valence-electron chi connectivity index (χ3n) is 5.09. The minimum absolute atomic E-state index is 0.190. The van der Waals surface area contributed by atoms with Gasteiger partial charge in [-0.3, -0.25) is 14.5 Å². The van der Waals surface area contributed by atoms with Crippen LogP contribution in [0.4, 0.5) is 0 Å². The quantitative estimate of drug-likeness (QED) is 0.737. The van der Waals surface area contributed by atoms with Crippen molar-refractivity contribution < 1.29 is 33.0 Å². The molecular weight excluding hydrogens is 380 g/mol. The number of ether oxygens (including phenoxy) is 3. The van der Waals surface area contributed by atoms with Gasteiger partial charge in [0.1, 0.15) is 17.4 Å². The first-order chi connectivity index (χ1) is 14.0. The predicted octanol–water partition coefficient (Wildman–Crippen LogP) is 1.77. The minimum atomic E-state index is -0.994. The molecule has 1 aromatic carbocycles. The van der Waals surface area contributed by atoms with Gasteiger partial charge in [-0.05, 0) is 30.7 Å². The molecule has 0 saturated carbocycles. The number of amides is 2. The van der Waals surface area contributed by atoms with Gasteiger partial charge in [-0.25, -0.2) is 4.79 Å². The molecule has 1 fully saturated rings. The van der Waals surface area contributed by atoms with Crippen molar-refractivity contribution in [3.8, 4) is 11.5 Å². The average Bonchev–Trinajstić information content (AvgIpc) is 3.45. The summed E-state index contributed by atoms with van der Waals surface area (Å²) in [4.78, 5) is 39.2. The second-order valence-corrected chi connectivity index (χ2v) is 6.68. The largest absolute Gasteiger partial charge is 0.493 e. The Morgan fingerprint density at radius 3 is 2.76 bits per heavy atom. The number of hydrogen-bond donors (Lipinski definition) is 1. The van der Waals surface area contributed by atoms with Crippen molar-refractivity contribution in [1.29, 1.82) is 0 Å². The molecule has 2 amide bonds. The van der Waals surface area contributed by atoms with E-state index in [0.29, 0.717) is 23.5 Å². The number of methoxy groups -OCH3 is 2. The van der Waals surface area contributed by atoms with Crippen LogP contribution >= 0.6 is 0 Å². The van der Waals surface area contributed by atoms with Gasteiger partial charge in [0.25, 0.3) is 0 Å². The van der Waals surface area contributed by atoms with E-state index in [9.17, 15) is 14.4 Å². The van der Waals surface area contributed by atoms with Crippen molar-refractivity contribution in [3.05, 3.63) is 47.4 Å². The number of rotatable bonds is 6. The number of nitrogens with zero attached hydrogens (tertiary/aromatic N) is 1. The zero-order valence-corrected chi connectivity index (χ0v) is 16.0. The molecule has 2 aliphatic rings. The smallest absolute Gasteiger partial charge is 0.344 e. The van der Waals surface area contributed by atoms with Crippen LogP contribution in [0.5, 0.6) is 11.5 Å². The molecule has 0 bridgehead atoms. The second kappa shape index (κ2) is 7.50. The van der Waals surface area contributed by atoms with Crippen molar-refractivity contribution >= 4 is 17.8 Å². The summed E-state index contributed by atoms with van der Waals surface area (Å²) in [6.45, 7) is 0.205. The molecule has 0 spiro atoms. The minimum Gasteiger partial charge on any atom is -0.493 e. The number of carbonyl (C=O) groups is 3. The lowest BCUT2D eigenvalue weighted by molar-refractivity contribution is -0.145. The Morgan fingerprint density at radius 2 is 2.07 bits per heavy atom. The van der Waals surface area contributed by atoms with Crippen LogP contribution < -0.4 is 14.8 Å². The van der Waals surface area contributed by atoms with Gasteiger partial charge in [0.05, 0.1) is 27.0 Å². The van der Waals surface area contributed by atoms with Gasteiger partial charge in [0.15, 0.2) is 11.5 Å². The molecule has 2 aromatic rings. The van der Waals surface area contributed by atoms with E-state index in [1.54, 1.807) is 24.3 Å². The topological polar surface area (TPSA) is 107 Å². The molecule has 2 aliphatic heterocycles. The summed E-state index contributed by atoms with van der Waals surface area (Å²) in [5.74, 6) is -0.00740. The van der Waals surface area contributed by atoms with E-state index in [1.807, 2.05) is 0 Å². The van der Waals surface area contributed by atoms with E-state index in [4.69, 9.17) is 18.6 Å². The molecule has 0 unspecified atom stereocenters. The van der Waals surface area contributed by atoms with Gasteiger partial charge in [0.2, 0.25) is 18.0 Å². The fraction of sp³-hybridized carbons (Fsp3) is 0.350. The third kappa shape index (κ3) is 3.18. The van der Waals surface area contributed by atoms with E-state index >= 15 is 0 Å². The van der Waals surface area contributed by atoms with Gasteiger partial charge < -0.3 is 23.9 Å². The first-order valence-electron chi connectivity index (χ1n) is 9.12. The molecule has 3 heterocycles. The van der Waals surface area contributed by atoms with E-state index in [-0.39, 0.29) is 36.1 Å². The molecule has 152 valence electrons. The molecule has 1 saturated heterocycles. The third-order valence-corrected chi connectivity index (χ3v) is 5.09. The first kappa shape index (κ1) is 18.9. The van der Waals surface area contributed by atoms with Crippen LogP contribution in [0, 0.1) is 0 Å². The molecule has 1 N–H and O–H groups in total. The van der Waals surface area contributed by atoms with Gasteiger partial charge in [-0.2, -0.15) is 0 Å². The number of nitrogens with one attached hydrogen (secondary N) is 1. The molecule has 9 heteroatoms. The molecule has 4 rings (SSSR count). The predicted molar refractivity (Wildman–Crippen MR) is 98.1 cm³/mol. The summed E-state index contributed by atoms with van der Waals surface area (Å²) >= 11 is 0. The summed E-state index contributed by atoms with van der Waals surface area (Å²) < 4.78 is 21.3. The SMILES string of the molecule is COc1ccc2c(c1OC)C(=O)O[C@H]2N1C(=O)CC[C@H]1C(=O)NCc1ccco1. The Kier molecular flexibility index (Phi) is 4.87. The standard InChI is InChI=1S/C20H20N2O7/c1-26-14-7-5-12-16(17(14)27-2)20(25)29-19(12)22-13(6-8-15(22)23)18(24)21-10-11-4-3-9-28-11/h3-5,7,9,13,19H,6,8,10H2,1-2H3,(H,21,24)/t13-,19+/m0/s1. The number of likely N-dealkylation sites (tertiary alicyclic amines) is 1. The zero-order valence-electron chi connectivity index (χ0n) is 16.0. The second-order valence-electron chi connectivity index (χ2n) is 6.68. The van der Waals surface area contributed by atoms with Crippen molar-refractivity contribution in [2.75, 3.05) is 14.2 Å². The Morgan fingerprint density at radius 1 is 1.24 bits per heavy atom. The van der Waals surface area contributed by atoms with Crippen LogP contribution in [0.15, 0.2) is 34.9 Å². The molecule has 1 aromatic heterocycles. The molecule has 29 heavy (non-hydrogen) atoms. The number of carbonyl (C=O) groups excluding carboxylic acids is 3. The lowest BCUT2D eigenvalue weighted by Gasteiger charge is -2.29. The highest BCUT2D eigenvalue weighted by Crippen LogP contribution is 2.45. The number of cyclic esters (lactones) is 1. The van der Waals surface area contributed by atoms with E-state index in [0.717, 1.165) is 0 Å². The monoisotopic (exact) mass is 400 g/mol.